The molecule has 20 heavy (non-hydrogen) atoms. The molecule has 0 aliphatic rings. The van der Waals surface area contributed by atoms with Crippen LogP contribution in [0, 0.1) is 6.92 Å². The Balaban J connectivity index is 2.38. The molecular formula is C14H12NO4S-. The number of hydrogen-bond acceptors (Lipinski definition) is 4. The van der Waals surface area contributed by atoms with Gasteiger partial charge in [-0.15, -0.1) is 0 Å². The van der Waals surface area contributed by atoms with Crippen molar-refractivity contribution in [1.29, 1.82) is 0 Å². The highest BCUT2D eigenvalue weighted by Crippen LogP contribution is 2.19. The Labute approximate surface area is 116 Å². The Morgan fingerprint density at radius 2 is 1.65 bits per heavy atom. The van der Waals surface area contributed by atoms with Crippen LogP contribution < -0.4 is 9.83 Å². The highest BCUT2D eigenvalue weighted by Gasteiger charge is 2.15. The van der Waals surface area contributed by atoms with Crippen LogP contribution in [0.5, 0.6) is 0 Å². The molecule has 0 atom stereocenters. The van der Waals surface area contributed by atoms with E-state index in [1.807, 2.05) is 6.92 Å². The fourth-order valence-electron chi connectivity index (χ4n) is 1.67. The number of aromatic carboxylic acids is 1. The van der Waals surface area contributed by atoms with Crippen LogP contribution >= 0.6 is 0 Å². The number of rotatable bonds is 4. The van der Waals surface area contributed by atoms with Crippen molar-refractivity contribution >= 4 is 21.7 Å². The normalized spacial score (nSPS) is 11.1. The summed E-state index contributed by atoms with van der Waals surface area (Å²) in [6.07, 6.45) is 0. The summed E-state index contributed by atoms with van der Waals surface area (Å²) in [6.45, 7) is 1.84. The first-order valence-electron chi connectivity index (χ1n) is 5.80. The molecule has 2 aromatic rings. The maximum absolute atomic E-state index is 12.2. The number of sulfonamides is 1. The maximum atomic E-state index is 12.2. The average Bonchev–Trinajstić information content (AvgIpc) is 2.39. The van der Waals surface area contributed by atoms with Crippen LogP contribution in [0.2, 0.25) is 0 Å². The minimum atomic E-state index is -3.83. The fourth-order valence-corrected chi connectivity index (χ4v) is 2.75. The van der Waals surface area contributed by atoms with E-state index in [-0.39, 0.29) is 16.1 Å². The lowest BCUT2D eigenvalue weighted by Gasteiger charge is -2.13. The first kappa shape index (κ1) is 14.1. The summed E-state index contributed by atoms with van der Waals surface area (Å²) < 4.78 is 26.6. The molecule has 2 rings (SSSR count). The highest BCUT2D eigenvalue weighted by molar-refractivity contribution is 7.92. The summed E-state index contributed by atoms with van der Waals surface area (Å²) in [5.41, 5.74) is 0.704. The third-order valence-electron chi connectivity index (χ3n) is 2.72. The van der Waals surface area contributed by atoms with Gasteiger partial charge in [0.15, 0.2) is 0 Å². The summed E-state index contributed by atoms with van der Waals surface area (Å²) in [5, 5.41) is 10.9. The van der Waals surface area contributed by atoms with Gasteiger partial charge in [0.2, 0.25) is 0 Å². The molecule has 0 spiro atoms. The van der Waals surface area contributed by atoms with E-state index in [0.717, 1.165) is 5.56 Å². The van der Waals surface area contributed by atoms with Gasteiger partial charge in [-0.3, -0.25) is 4.72 Å². The lowest BCUT2D eigenvalue weighted by Crippen LogP contribution is -2.24. The van der Waals surface area contributed by atoms with Crippen LogP contribution in [-0.2, 0) is 10.0 Å². The van der Waals surface area contributed by atoms with Gasteiger partial charge in [0, 0.05) is 5.56 Å². The van der Waals surface area contributed by atoms with Crippen LogP contribution in [0.1, 0.15) is 15.9 Å². The van der Waals surface area contributed by atoms with Gasteiger partial charge in [-0.1, -0.05) is 35.9 Å². The van der Waals surface area contributed by atoms with Gasteiger partial charge < -0.3 is 9.90 Å². The molecule has 0 saturated heterocycles. The van der Waals surface area contributed by atoms with E-state index in [2.05, 4.69) is 4.72 Å². The number of anilines is 1. The summed E-state index contributed by atoms with van der Waals surface area (Å²) in [7, 11) is -3.83. The van der Waals surface area contributed by atoms with Crippen LogP contribution in [0.4, 0.5) is 5.69 Å². The van der Waals surface area contributed by atoms with Crippen molar-refractivity contribution < 1.29 is 18.3 Å². The largest absolute Gasteiger partial charge is 0.545 e. The quantitative estimate of drug-likeness (QED) is 0.915. The van der Waals surface area contributed by atoms with Crippen LogP contribution in [-0.4, -0.2) is 14.4 Å². The topological polar surface area (TPSA) is 86.3 Å². The summed E-state index contributed by atoms with van der Waals surface area (Å²) in [5.74, 6) is -1.44. The number of carboxylic acids is 1. The van der Waals surface area contributed by atoms with Crippen molar-refractivity contribution in [2.45, 2.75) is 11.8 Å². The Bertz CT molecular complexity index is 736. The molecule has 0 fully saturated rings. The smallest absolute Gasteiger partial charge is 0.261 e. The van der Waals surface area contributed by atoms with Gasteiger partial charge in [-0.2, -0.15) is 0 Å². The van der Waals surface area contributed by atoms with Gasteiger partial charge in [0.25, 0.3) is 10.0 Å². The molecule has 0 aromatic heterocycles. The number of benzene rings is 2. The van der Waals surface area contributed by atoms with Crippen molar-refractivity contribution in [3.63, 3.8) is 0 Å². The molecule has 104 valence electrons. The Kier molecular flexibility index (Phi) is 3.76. The van der Waals surface area contributed by atoms with Crippen molar-refractivity contribution in [3.8, 4) is 0 Å². The van der Waals surface area contributed by atoms with E-state index in [1.54, 1.807) is 18.2 Å². The van der Waals surface area contributed by atoms with Gasteiger partial charge in [-0.25, -0.2) is 8.42 Å². The number of carbonyl (C=O) groups excluding carboxylic acids is 1. The van der Waals surface area contributed by atoms with Gasteiger partial charge in [0.1, 0.15) is 0 Å². The van der Waals surface area contributed by atoms with Crippen molar-refractivity contribution in [3.05, 3.63) is 59.7 Å². The van der Waals surface area contributed by atoms with Crippen molar-refractivity contribution in [2.24, 2.45) is 0 Å². The third kappa shape index (κ3) is 2.97. The molecule has 0 unspecified atom stereocenters. The monoisotopic (exact) mass is 290 g/mol. The van der Waals surface area contributed by atoms with E-state index in [9.17, 15) is 18.3 Å². The lowest BCUT2D eigenvalue weighted by atomic mass is 10.2. The molecule has 0 radical (unpaired) electrons. The van der Waals surface area contributed by atoms with Crippen LogP contribution in [0.3, 0.4) is 0 Å². The zero-order valence-corrected chi connectivity index (χ0v) is 11.5. The van der Waals surface area contributed by atoms with Crippen molar-refractivity contribution in [2.75, 3.05) is 4.72 Å². The lowest BCUT2D eigenvalue weighted by molar-refractivity contribution is -0.254. The van der Waals surface area contributed by atoms with Crippen LogP contribution in [0.25, 0.3) is 0 Å². The first-order valence-corrected chi connectivity index (χ1v) is 7.28. The Morgan fingerprint density at radius 1 is 1.05 bits per heavy atom. The van der Waals surface area contributed by atoms with Gasteiger partial charge >= 0.3 is 0 Å². The van der Waals surface area contributed by atoms with E-state index in [1.165, 1.54) is 30.3 Å². The van der Waals surface area contributed by atoms with E-state index in [4.69, 9.17) is 0 Å². The van der Waals surface area contributed by atoms with E-state index >= 15 is 0 Å². The number of nitrogens with one attached hydrogen (secondary N) is 1. The number of hydrogen-bond donors (Lipinski definition) is 1. The second-order valence-corrected chi connectivity index (χ2v) is 5.93. The summed E-state index contributed by atoms with van der Waals surface area (Å²) in [4.78, 5) is 11.0. The molecule has 6 heteroatoms. The number of para-hydroxylation sites is 1. The maximum Gasteiger partial charge on any atom is 0.261 e. The van der Waals surface area contributed by atoms with E-state index < -0.39 is 16.0 Å². The van der Waals surface area contributed by atoms with Crippen LogP contribution in [0.15, 0.2) is 53.4 Å². The molecule has 0 amide bonds. The third-order valence-corrected chi connectivity index (χ3v) is 4.10. The summed E-state index contributed by atoms with van der Waals surface area (Å²) in [6, 6.07) is 11.9. The second-order valence-electron chi connectivity index (χ2n) is 4.25. The molecule has 2 aromatic carbocycles. The molecule has 1 N–H and O–H groups in total. The first-order chi connectivity index (χ1) is 9.40. The second kappa shape index (κ2) is 5.34. The standard InChI is InChI=1S/C14H13NO4S/c1-10-6-8-11(9-7-10)20(18,19)15-13-5-3-2-4-12(13)14(16)17/h2-9,15H,1H3,(H,16,17)/p-1. The average molecular weight is 290 g/mol. The molecule has 0 saturated carbocycles. The Hall–Kier alpha value is -2.34. The molecule has 0 aliphatic heterocycles. The minimum absolute atomic E-state index is 0.0203. The summed E-state index contributed by atoms with van der Waals surface area (Å²) >= 11 is 0. The SMILES string of the molecule is Cc1ccc(S(=O)(=O)Nc2ccccc2C(=O)[O-])cc1. The molecule has 0 aliphatic carbocycles. The molecule has 5 nitrogen and oxygen atoms in total. The predicted molar refractivity (Wildman–Crippen MR) is 72.8 cm³/mol. The van der Waals surface area contributed by atoms with Crippen molar-refractivity contribution in [1.82, 2.24) is 0 Å². The van der Waals surface area contributed by atoms with Gasteiger partial charge in [0.05, 0.1) is 16.6 Å². The highest BCUT2D eigenvalue weighted by atomic mass is 32.2. The molecule has 0 bridgehead atoms. The van der Waals surface area contributed by atoms with Gasteiger partial charge in [-0.05, 0) is 25.1 Å². The van der Waals surface area contributed by atoms with E-state index in [0.29, 0.717) is 0 Å². The molecule has 0 heterocycles. The minimum Gasteiger partial charge on any atom is -0.545 e. The Morgan fingerprint density at radius 3 is 2.25 bits per heavy atom. The zero-order chi connectivity index (χ0) is 14.8. The number of carboxylic acid groups (broad SMARTS) is 1. The fraction of sp³-hybridized carbons (Fsp3) is 0.0714. The predicted octanol–water partition coefficient (Wildman–Crippen LogP) is 1.16. The molecular weight excluding hydrogens is 278 g/mol. The number of aryl methyl sites for hydroxylation is 1. The number of carbonyl (C=O) groups is 1. The zero-order valence-electron chi connectivity index (χ0n) is 10.7.